The zero-order valence-electron chi connectivity index (χ0n) is 13.1. The molecule has 0 aliphatic carbocycles. The van der Waals surface area contributed by atoms with Gasteiger partial charge in [-0.25, -0.2) is 9.97 Å². The molecule has 0 fully saturated rings. The summed E-state index contributed by atoms with van der Waals surface area (Å²) in [6.45, 7) is 4.76. The second-order valence-electron chi connectivity index (χ2n) is 5.27. The number of amides is 1. The number of hydrogen-bond donors (Lipinski definition) is 2. The molecule has 0 saturated heterocycles. The van der Waals surface area contributed by atoms with Crippen LogP contribution in [0.1, 0.15) is 42.1 Å². The summed E-state index contributed by atoms with van der Waals surface area (Å²) in [6.07, 6.45) is 4.67. The average molecular weight is 298 g/mol. The number of carbonyl (C=O) groups excluding carboxylic acids is 1. The minimum absolute atomic E-state index is 0.209. The van der Waals surface area contributed by atoms with Crippen molar-refractivity contribution in [2.75, 3.05) is 12.3 Å². The molecule has 3 N–H and O–H groups in total. The van der Waals surface area contributed by atoms with Gasteiger partial charge in [0.05, 0.1) is 5.56 Å². The first-order valence-electron chi connectivity index (χ1n) is 7.60. The molecule has 1 aromatic heterocycles. The van der Waals surface area contributed by atoms with Gasteiger partial charge in [0.15, 0.2) is 5.82 Å². The molecule has 1 amide bonds. The third-order valence-electron chi connectivity index (χ3n) is 3.51. The first-order valence-corrected chi connectivity index (χ1v) is 7.60. The lowest BCUT2D eigenvalue weighted by Crippen LogP contribution is -2.26. The molecule has 0 unspecified atom stereocenters. The largest absolute Gasteiger partial charge is 0.383 e. The highest BCUT2D eigenvalue weighted by Gasteiger charge is 2.13. The fourth-order valence-electron chi connectivity index (χ4n) is 2.20. The fraction of sp³-hybridized carbons (Fsp3) is 0.353. The van der Waals surface area contributed by atoms with Gasteiger partial charge in [-0.1, -0.05) is 44.0 Å². The maximum atomic E-state index is 12.1. The maximum Gasteiger partial charge on any atom is 0.256 e. The molecule has 0 aliphatic rings. The molecule has 0 spiro atoms. The van der Waals surface area contributed by atoms with Gasteiger partial charge in [-0.2, -0.15) is 0 Å². The van der Waals surface area contributed by atoms with E-state index in [2.05, 4.69) is 22.2 Å². The summed E-state index contributed by atoms with van der Waals surface area (Å²) in [4.78, 5) is 20.6. The summed E-state index contributed by atoms with van der Waals surface area (Å²) in [5.41, 5.74) is 8.24. The van der Waals surface area contributed by atoms with Crippen molar-refractivity contribution >= 4 is 11.7 Å². The molecule has 1 aromatic carbocycles. The van der Waals surface area contributed by atoms with Gasteiger partial charge >= 0.3 is 0 Å². The Bertz CT molecular complexity index is 655. The highest BCUT2D eigenvalue weighted by molar-refractivity contribution is 5.98. The number of rotatable bonds is 6. The van der Waals surface area contributed by atoms with Gasteiger partial charge in [0.25, 0.3) is 5.91 Å². The first kappa shape index (κ1) is 15.9. The minimum atomic E-state index is -0.218. The van der Waals surface area contributed by atoms with Gasteiger partial charge in [-0.15, -0.1) is 0 Å². The molecule has 2 rings (SSSR count). The lowest BCUT2D eigenvalue weighted by molar-refractivity contribution is 0.0953. The predicted molar refractivity (Wildman–Crippen MR) is 88.5 cm³/mol. The SMILES string of the molecule is CCCCCNC(=O)c1cnc(-c2ccccc2C)nc1N. The van der Waals surface area contributed by atoms with Crippen LogP contribution >= 0.6 is 0 Å². The van der Waals surface area contributed by atoms with Crippen molar-refractivity contribution < 1.29 is 4.79 Å². The second kappa shape index (κ2) is 7.54. The van der Waals surface area contributed by atoms with Gasteiger partial charge in [-0.3, -0.25) is 4.79 Å². The standard InChI is InChI=1S/C17H22N4O/c1-3-4-7-10-19-17(22)14-11-20-16(21-15(14)18)13-9-6-5-8-12(13)2/h5-6,8-9,11H,3-4,7,10H2,1-2H3,(H,19,22)(H2,18,20,21). The molecule has 22 heavy (non-hydrogen) atoms. The molecule has 5 heteroatoms. The summed E-state index contributed by atoms with van der Waals surface area (Å²) in [5.74, 6) is 0.532. The molecule has 0 aliphatic heterocycles. The lowest BCUT2D eigenvalue weighted by Gasteiger charge is -2.09. The van der Waals surface area contributed by atoms with Crippen LogP contribution in [0.25, 0.3) is 11.4 Å². The van der Waals surface area contributed by atoms with Crippen LogP contribution in [0.15, 0.2) is 30.5 Å². The third kappa shape index (κ3) is 3.81. The van der Waals surface area contributed by atoms with Gasteiger partial charge in [-0.05, 0) is 18.9 Å². The van der Waals surface area contributed by atoms with E-state index in [1.165, 1.54) is 6.20 Å². The van der Waals surface area contributed by atoms with Crippen LogP contribution in [0.3, 0.4) is 0 Å². The second-order valence-corrected chi connectivity index (χ2v) is 5.27. The summed E-state index contributed by atoms with van der Waals surface area (Å²) < 4.78 is 0. The van der Waals surface area contributed by atoms with Crippen LogP contribution in [0, 0.1) is 6.92 Å². The van der Waals surface area contributed by atoms with Crippen LogP contribution in [0.2, 0.25) is 0 Å². The van der Waals surface area contributed by atoms with Crippen LogP contribution in [0.5, 0.6) is 0 Å². The highest BCUT2D eigenvalue weighted by Crippen LogP contribution is 2.21. The van der Waals surface area contributed by atoms with Crippen molar-refractivity contribution in [3.8, 4) is 11.4 Å². The summed E-state index contributed by atoms with van der Waals surface area (Å²) in [6, 6.07) is 7.81. The van der Waals surface area contributed by atoms with Crippen molar-refractivity contribution in [2.24, 2.45) is 0 Å². The molecule has 2 aromatic rings. The van der Waals surface area contributed by atoms with E-state index in [1.54, 1.807) is 0 Å². The summed E-state index contributed by atoms with van der Waals surface area (Å²) >= 11 is 0. The van der Waals surface area contributed by atoms with Crippen molar-refractivity contribution in [3.05, 3.63) is 41.6 Å². The highest BCUT2D eigenvalue weighted by atomic mass is 16.1. The third-order valence-corrected chi connectivity index (χ3v) is 3.51. The molecule has 0 radical (unpaired) electrons. The van der Waals surface area contributed by atoms with Gasteiger partial charge in [0, 0.05) is 18.3 Å². The Hall–Kier alpha value is -2.43. The number of anilines is 1. The Labute approximate surface area is 131 Å². The van der Waals surface area contributed by atoms with E-state index in [9.17, 15) is 4.79 Å². The number of nitrogens with one attached hydrogen (secondary N) is 1. The number of aryl methyl sites for hydroxylation is 1. The Morgan fingerprint density at radius 2 is 2.05 bits per heavy atom. The van der Waals surface area contributed by atoms with Crippen molar-refractivity contribution in [1.29, 1.82) is 0 Å². The number of nitrogen functional groups attached to an aromatic ring is 1. The summed E-state index contributed by atoms with van der Waals surface area (Å²) in [5, 5.41) is 2.85. The quantitative estimate of drug-likeness (QED) is 0.803. The first-order chi connectivity index (χ1) is 10.6. The zero-order chi connectivity index (χ0) is 15.9. The van der Waals surface area contributed by atoms with Gasteiger partial charge < -0.3 is 11.1 Å². The van der Waals surface area contributed by atoms with Crippen LogP contribution in [0.4, 0.5) is 5.82 Å². The average Bonchev–Trinajstić information content (AvgIpc) is 2.51. The Morgan fingerprint density at radius 3 is 2.73 bits per heavy atom. The van der Waals surface area contributed by atoms with Crippen molar-refractivity contribution in [3.63, 3.8) is 0 Å². The van der Waals surface area contributed by atoms with Crippen LogP contribution in [-0.4, -0.2) is 22.4 Å². The molecule has 0 saturated carbocycles. The van der Waals surface area contributed by atoms with E-state index >= 15 is 0 Å². The molecule has 5 nitrogen and oxygen atoms in total. The zero-order valence-corrected chi connectivity index (χ0v) is 13.1. The minimum Gasteiger partial charge on any atom is -0.383 e. The van der Waals surface area contributed by atoms with E-state index in [1.807, 2.05) is 31.2 Å². The van der Waals surface area contributed by atoms with E-state index in [-0.39, 0.29) is 11.7 Å². The molecule has 0 bridgehead atoms. The normalized spacial score (nSPS) is 10.5. The molecular weight excluding hydrogens is 276 g/mol. The molecule has 1 heterocycles. The van der Waals surface area contributed by atoms with Gasteiger partial charge in [0.1, 0.15) is 5.82 Å². The number of hydrogen-bond acceptors (Lipinski definition) is 4. The van der Waals surface area contributed by atoms with Crippen LogP contribution < -0.4 is 11.1 Å². The number of nitrogens with zero attached hydrogens (tertiary/aromatic N) is 2. The fourth-order valence-corrected chi connectivity index (χ4v) is 2.20. The monoisotopic (exact) mass is 298 g/mol. The number of benzene rings is 1. The Kier molecular flexibility index (Phi) is 5.47. The van der Waals surface area contributed by atoms with Crippen molar-refractivity contribution in [1.82, 2.24) is 15.3 Å². The van der Waals surface area contributed by atoms with Gasteiger partial charge in [0.2, 0.25) is 0 Å². The van der Waals surface area contributed by atoms with Crippen LogP contribution in [-0.2, 0) is 0 Å². The topological polar surface area (TPSA) is 80.9 Å². The number of aromatic nitrogens is 2. The lowest BCUT2D eigenvalue weighted by atomic mass is 10.1. The Balaban J connectivity index is 2.13. The van der Waals surface area contributed by atoms with Crippen molar-refractivity contribution in [2.45, 2.75) is 33.1 Å². The van der Waals surface area contributed by atoms with E-state index in [4.69, 9.17) is 5.73 Å². The molecular formula is C17H22N4O. The number of unbranched alkanes of at least 4 members (excludes halogenated alkanes) is 2. The van der Waals surface area contributed by atoms with E-state index in [0.717, 1.165) is 30.4 Å². The predicted octanol–water partition coefficient (Wildman–Crippen LogP) is 2.95. The smallest absolute Gasteiger partial charge is 0.256 e. The molecule has 116 valence electrons. The molecule has 0 atom stereocenters. The van der Waals surface area contributed by atoms with E-state index in [0.29, 0.717) is 17.9 Å². The summed E-state index contributed by atoms with van der Waals surface area (Å²) in [7, 11) is 0. The number of carbonyl (C=O) groups is 1. The van der Waals surface area contributed by atoms with E-state index < -0.39 is 0 Å². The Morgan fingerprint density at radius 1 is 1.27 bits per heavy atom. The maximum absolute atomic E-state index is 12.1. The number of nitrogens with two attached hydrogens (primary N) is 1.